The second-order valence-electron chi connectivity index (χ2n) is 2.62. The van der Waals surface area contributed by atoms with E-state index in [0.717, 1.165) is 0 Å². The number of hydrogen-bond donors (Lipinski definition) is 0. The Morgan fingerprint density at radius 2 is 2.07 bits per heavy atom. The summed E-state index contributed by atoms with van der Waals surface area (Å²) in [4.78, 5) is 0. The summed E-state index contributed by atoms with van der Waals surface area (Å²) >= 11 is 5.80. The van der Waals surface area contributed by atoms with Crippen LogP contribution in [0.25, 0.3) is 0 Å². The Morgan fingerprint density at radius 3 is 2.57 bits per heavy atom. The minimum absolute atomic E-state index is 0.293. The van der Waals surface area contributed by atoms with Crippen LogP contribution in [-0.4, -0.2) is 15.5 Å². The van der Waals surface area contributed by atoms with Gasteiger partial charge in [0.25, 0.3) is 0 Å². The van der Waals surface area contributed by atoms with Gasteiger partial charge in [0.15, 0.2) is 0 Å². The molecule has 1 rings (SSSR count). The third-order valence-electron chi connectivity index (χ3n) is 1.58. The van der Waals surface area contributed by atoms with Gasteiger partial charge in [0.05, 0.1) is 17.9 Å². The van der Waals surface area contributed by atoms with Crippen molar-refractivity contribution in [1.29, 1.82) is 0 Å². The molecule has 0 saturated carbocycles. The van der Waals surface area contributed by atoms with Crippen LogP contribution < -0.4 is 4.74 Å². The molecule has 0 aromatic heterocycles. The number of rotatable bonds is 3. The van der Waals surface area contributed by atoms with Crippen LogP contribution in [0, 0.1) is 0 Å². The molecule has 0 saturated heterocycles. The van der Waals surface area contributed by atoms with Crippen molar-refractivity contribution in [2.24, 2.45) is 0 Å². The van der Waals surface area contributed by atoms with Crippen LogP contribution >= 0.6 is 22.3 Å². The summed E-state index contributed by atoms with van der Waals surface area (Å²) in [7, 11) is 2.95. The highest BCUT2D eigenvalue weighted by molar-refractivity contribution is 8.13. The molecule has 3 nitrogen and oxygen atoms in total. The molecule has 1 aromatic rings. The summed E-state index contributed by atoms with van der Waals surface area (Å²) < 4.78 is 26.7. The van der Waals surface area contributed by atoms with Crippen molar-refractivity contribution in [2.45, 2.75) is 5.75 Å². The lowest BCUT2D eigenvalue weighted by Crippen LogP contribution is -1.98. The van der Waals surface area contributed by atoms with Crippen molar-refractivity contribution in [3.8, 4) is 5.75 Å². The van der Waals surface area contributed by atoms with Gasteiger partial charge in [0.2, 0.25) is 9.05 Å². The van der Waals surface area contributed by atoms with E-state index in [9.17, 15) is 8.42 Å². The Kier molecular flexibility index (Phi) is 3.64. The molecular formula is C8H8Cl2O3S. The van der Waals surface area contributed by atoms with Gasteiger partial charge < -0.3 is 4.74 Å². The molecule has 0 spiro atoms. The molecule has 78 valence electrons. The summed E-state index contributed by atoms with van der Waals surface area (Å²) in [6.07, 6.45) is 0. The van der Waals surface area contributed by atoms with E-state index >= 15 is 0 Å². The lowest BCUT2D eigenvalue weighted by atomic mass is 10.2. The Hall–Kier alpha value is -0.450. The van der Waals surface area contributed by atoms with Gasteiger partial charge in [0, 0.05) is 16.2 Å². The van der Waals surface area contributed by atoms with Gasteiger partial charge in [0.1, 0.15) is 5.75 Å². The normalized spacial score (nSPS) is 11.4. The number of halogens is 2. The molecule has 0 unspecified atom stereocenters. The maximum absolute atomic E-state index is 10.8. The predicted octanol–water partition coefficient (Wildman–Crippen LogP) is 2.42. The van der Waals surface area contributed by atoms with Crippen LogP contribution in [0.15, 0.2) is 18.2 Å². The summed E-state index contributed by atoms with van der Waals surface area (Å²) in [5.41, 5.74) is 0.454. The van der Waals surface area contributed by atoms with Gasteiger partial charge in [-0.05, 0) is 6.07 Å². The molecule has 0 aliphatic rings. The zero-order valence-electron chi connectivity index (χ0n) is 7.33. The van der Waals surface area contributed by atoms with Crippen LogP contribution in [0.3, 0.4) is 0 Å². The van der Waals surface area contributed by atoms with E-state index in [1.165, 1.54) is 7.11 Å². The maximum Gasteiger partial charge on any atom is 0.236 e. The number of para-hydroxylation sites is 1. The minimum Gasteiger partial charge on any atom is -0.495 e. The van der Waals surface area contributed by atoms with Crippen LogP contribution in [0.1, 0.15) is 5.56 Å². The van der Waals surface area contributed by atoms with E-state index in [1.54, 1.807) is 18.2 Å². The summed E-state index contributed by atoms with van der Waals surface area (Å²) in [5.74, 6) is 0.0524. The van der Waals surface area contributed by atoms with Gasteiger partial charge in [-0.2, -0.15) is 0 Å². The minimum atomic E-state index is -3.59. The van der Waals surface area contributed by atoms with Crippen molar-refractivity contribution in [3.63, 3.8) is 0 Å². The maximum atomic E-state index is 10.8. The first kappa shape index (κ1) is 11.6. The highest BCUT2D eigenvalue weighted by Gasteiger charge is 2.13. The molecule has 0 aliphatic carbocycles. The highest BCUT2D eigenvalue weighted by Crippen LogP contribution is 2.29. The lowest BCUT2D eigenvalue weighted by molar-refractivity contribution is 0.411. The fourth-order valence-corrected chi connectivity index (χ4v) is 2.30. The van der Waals surface area contributed by atoms with Crippen LogP contribution in [-0.2, 0) is 14.8 Å². The van der Waals surface area contributed by atoms with Gasteiger partial charge >= 0.3 is 0 Å². The van der Waals surface area contributed by atoms with E-state index in [4.69, 9.17) is 27.0 Å². The van der Waals surface area contributed by atoms with E-state index < -0.39 is 9.05 Å². The Bertz CT molecular complexity index is 428. The number of hydrogen-bond acceptors (Lipinski definition) is 3. The molecule has 1 aromatic carbocycles. The standard InChI is InChI=1S/C8H8Cl2O3S/c1-13-8-6(5-14(10,11)12)3-2-4-7(8)9/h2-4H,5H2,1H3. The number of methoxy groups -OCH3 is 1. The third-order valence-corrected chi connectivity index (χ3v) is 2.86. The quantitative estimate of drug-likeness (QED) is 0.779. The zero-order valence-corrected chi connectivity index (χ0v) is 9.66. The van der Waals surface area contributed by atoms with Crippen LogP contribution in [0.5, 0.6) is 5.75 Å². The number of benzene rings is 1. The van der Waals surface area contributed by atoms with Crippen LogP contribution in [0.2, 0.25) is 5.02 Å². The Labute approximate surface area is 92.0 Å². The molecule has 0 bridgehead atoms. The molecule has 0 amide bonds. The third kappa shape index (κ3) is 3.04. The molecule has 0 N–H and O–H groups in total. The molecule has 0 fully saturated rings. The first-order chi connectivity index (χ1) is 6.44. The molecule has 6 heteroatoms. The second-order valence-corrected chi connectivity index (χ2v) is 5.80. The van der Waals surface area contributed by atoms with E-state index in [-0.39, 0.29) is 5.75 Å². The second kappa shape index (κ2) is 4.38. The van der Waals surface area contributed by atoms with Crippen molar-refractivity contribution < 1.29 is 13.2 Å². The monoisotopic (exact) mass is 254 g/mol. The lowest BCUT2D eigenvalue weighted by Gasteiger charge is -2.07. The molecule has 0 heterocycles. The van der Waals surface area contributed by atoms with Crippen molar-refractivity contribution in [2.75, 3.05) is 7.11 Å². The average molecular weight is 255 g/mol. The number of ether oxygens (including phenoxy) is 1. The fraction of sp³-hybridized carbons (Fsp3) is 0.250. The Morgan fingerprint density at radius 1 is 1.43 bits per heavy atom. The molecule has 14 heavy (non-hydrogen) atoms. The van der Waals surface area contributed by atoms with Gasteiger partial charge in [-0.3, -0.25) is 0 Å². The molecule has 0 aliphatic heterocycles. The van der Waals surface area contributed by atoms with E-state index in [1.807, 2.05) is 0 Å². The van der Waals surface area contributed by atoms with Gasteiger partial charge in [-0.1, -0.05) is 23.7 Å². The van der Waals surface area contributed by atoms with Crippen LogP contribution in [0.4, 0.5) is 0 Å². The van der Waals surface area contributed by atoms with Gasteiger partial charge in [-0.15, -0.1) is 0 Å². The van der Waals surface area contributed by atoms with Crippen molar-refractivity contribution in [3.05, 3.63) is 28.8 Å². The highest BCUT2D eigenvalue weighted by atomic mass is 35.7. The topological polar surface area (TPSA) is 43.4 Å². The average Bonchev–Trinajstić information content (AvgIpc) is 2.01. The first-order valence-corrected chi connectivity index (χ1v) is 6.53. The fourth-order valence-electron chi connectivity index (χ4n) is 1.08. The van der Waals surface area contributed by atoms with Crippen molar-refractivity contribution >= 4 is 31.3 Å². The predicted molar refractivity (Wildman–Crippen MR) is 56.5 cm³/mol. The molecular weight excluding hydrogens is 247 g/mol. The largest absolute Gasteiger partial charge is 0.495 e. The molecule has 0 radical (unpaired) electrons. The summed E-state index contributed by atoms with van der Waals surface area (Å²) in [5, 5.41) is 0.366. The molecule has 0 atom stereocenters. The Balaban J connectivity index is 3.15. The summed E-state index contributed by atoms with van der Waals surface area (Å²) in [6, 6.07) is 4.86. The first-order valence-electron chi connectivity index (χ1n) is 3.68. The smallest absolute Gasteiger partial charge is 0.236 e. The van der Waals surface area contributed by atoms with Crippen molar-refractivity contribution in [1.82, 2.24) is 0 Å². The SMILES string of the molecule is COc1c(Cl)cccc1CS(=O)(=O)Cl. The van der Waals surface area contributed by atoms with Gasteiger partial charge in [-0.25, -0.2) is 8.42 Å². The van der Waals surface area contributed by atoms with E-state index in [0.29, 0.717) is 16.3 Å². The van der Waals surface area contributed by atoms with E-state index in [2.05, 4.69) is 0 Å². The summed E-state index contributed by atoms with van der Waals surface area (Å²) in [6.45, 7) is 0. The zero-order chi connectivity index (χ0) is 10.8.